The molecule has 1 N–H and O–H groups in total. The molecule has 0 saturated carbocycles. The standard InChI is InChI=1S/C15H22N4/c1-4-7-17-15(13-5-8-16-9-6-13)11-14-10-12(2)18-19(14)3/h5-6,8-10,15,17H,4,7,11H2,1-3H3. The first-order chi connectivity index (χ1) is 9.20. The van der Waals surface area contributed by atoms with Gasteiger partial charge in [0.25, 0.3) is 0 Å². The molecular formula is C15H22N4. The van der Waals surface area contributed by atoms with E-state index >= 15 is 0 Å². The molecule has 0 aromatic carbocycles. The van der Waals surface area contributed by atoms with Gasteiger partial charge in [-0.2, -0.15) is 5.10 Å². The highest BCUT2D eigenvalue weighted by atomic mass is 15.3. The Bertz CT molecular complexity index is 504. The first-order valence-electron chi connectivity index (χ1n) is 6.83. The van der Waals surface area contributed by atoms with Crippen LogP contribution in [0.4, 0.5) is 0 Å². The molecule has 2 aromatic heterocycles. The van der Waals surface area contributed by atoms with Crippen molar-refractivity contribution in [1.29, 1.82) is 0 Å². The van der Waals surface area contributed by atoms with Crippen molar-refractivity contribution in [3.8, 4) is 0 Å². The van der Waals surface area contributed by atoms with Crippen LogP contribution in [0.15, 0.2) is 30.6 Å². The van der Waals surface area contributed by atoms with Gasteiger partial charge in [-0.05, 0) is 43.7 Å². The van der Waals surface area contributed by atoms with Gasteiger partial charge in [0, 0.05) is 37.6 Å². The third-order valence-electron chi connectivity index (χ3n) is 3.26. The predicted molar refractivity (Wildman–Crippen MR) is 76.9 cm³/mol. The zero-order chi connectivity index (χ0) is 13.7. The monoisotopic (exact) mass is 258 g/mol. The molecule has 102 valence electrons. The molecular weight excluding hydrogens is 236 g/mol. The lowest BCUT2D eigenvalue weighted by Gasteiger charge is -2.18. The average Bonchev–Trinajstić information content (AvgIpc) is 2.73. The molecule has 0 radical (unpaired) electrons. The van der Waals surface area contributed by atoms with E-state index in [1.165, 1.54) is 11.3 Å². The molecule has 0 bridgehead atoms. The molecule has 2 rings (SSSR count). The van der Waals surface area contributed by atoms with Crippen LogP contribution < -0.4 is 5.32 Å². The van der Waals surface area contributed by atoms with Crippen molar-refractivity contribution in [3.05, 3.63) is 47.5 Å². The number of nitrogens with zero attached hydrogens (tertiary/aromatic N) is 3. The minimum absolute atomic E-state index is 0.317. The van der Waals surface area contributed by atoms with Crippen molar-refractivity contribution >= 4 is 0 Å². The minimum atomic E-state index is 0.317. The second kappa shape index (κ2) is 6.48. The SMILES string of the molecule is CCCNC(Cc1cc(C)nn1C)c1ccncc1. The molecule has 0 fully saturated rings. The summed E-state index contributed by atoms with van der Waals surface area (Å²) in [6.45, 7) is 5.24. The number of hydrogen-bond acceptors (Lipinski definition) is 3. The van der Waals surface area contributed by atoms with Gasteiger partial charge >= 0.3 is 0 Å². The van der Waals surface area contributed by atoms with Crippen LogP contribution in [0.3, 0.4) is 0 Å². The van der Waals surface area contributed by atoms with Gasteiger partial charge in [-0.1, -0.05) is 6.92 Å². The van der Waals surface area contributed by atoms with E-state index in [4.69, 9.17) is 0 Å². The maximum absolute atomic E-state index is 4.41. The van der Waals surface area contributed by atoms with Crippen LogP contribution in [-0.4, -0.2) is 21.3 Å². The van der Waals surface area contributed by atoms with Gasteiger partial charge in [-0.25, -0.2) is 0 Å². The van der Waals surface area contributed by atoms with E-state index in [0.717, 1.165) is 25.1 Å². The van der Waals surface area contributed by atoms with E-state index in [0.29, 0.717) is 6.04 Å². The maximum atomic E-state index is 4.41. The lowest BCUT2D eigenvalue weighted by atomic mass is 10.0. The largest absolute Gasteiger partial charge is 0.310 e. The number of aryl methyl sites for hydroxylation is 2. The summed E-state index contributed by atoms with van der Waals surface area (Å²) in [6.07, 6.45) is 5.78. The van der Waals surface area contributed by atoms with Crippen molar-refractivity contribution in [3.63, 3.8) is 0 Å². The van der Waals surface area contributed by atoms with Crippen molar-refractivity contribution in [2.24, 2.45) is 7.05 Å². The van der Waals surface area contributed by atoms with Gasteiger partial charge < -0.3 is 5.32 Å². The van der Waals surface area contributed by atoms with Crippen LogP contribution in [0.5, 0.6) is 0 Å². The maximum Gasteiger partial charge on any atom is 0.0596 e. The highest BCUT2D eigenvalue weighted by Crippen LogP contribution is 2.18. The molecule has 19 heavy (non-hydrogen) atoms. The zero-order valence-corrected chi connectivity index (χ0v) is 11.9. The molecule has 1 unspecified atom stereocenters. The third kappa shape index (κ3) is 3.64. The van der Waals surface area contributed by atoms with Gasteiger partial charge in [0.05, 0.1) is 5.69 Å². The molecule has 0 spiro atoms. The van der Waals surface area contributed by atoms with Gasteiger partial charge in [0.2, 0.25) is 0 Å². The number of rotatable bonds is 6. The van der Waals surface area contributed by atoms with Crippen molar-refractivity contribution < 1.29 is 0 Å². The highest BCUT2D eigenvalue weighted by molar-refractivity contribution is 5.19. The fourth-order valence-corrected chi connectivity index (χ4v) is 2.29. The van der Waals surface area contributed by atoms with Crippen LogP contribution in [0, 0.1) is 6.92 Å². The summed E-state index contributed by atoms with van der Waals surface area (Å²) in [4.78, 5) is 4.09. The average molecular weight is 258 g/mol. The van der Waals surface area contributed by atoms with E-state index < -0.39 is 0 Å². The summed E-state index contributed by atoms with van der Waals surface area (Å²) in [5.41, 5.74) is 3.60. The minimum Gasteiger partial charge on any atom is -0.310 e. The van der Waals surface area contributed by atoms with Crippen LogP contribution in [0.25, 0.3) is 0 Å². The molecule has 2 aromatic rings. The molecule has 2 heterocycles. The molecule has 0 amide bonds. The van der Waals surface area contributed by atoms with Gasteiger partial charge in [-0.15, -0.1) is 0 Å². The number of aromatic nitrogens is 3. The molecule has 0 aliphatic heterocycles. The van der Waals surface area contributed by atoms with Crippen molar-refractivity contribution in [2.75, 3.05) is 6.54 Å². The van der Waals surface area contributed by atoms with Crippen molar-refractivity contribution in [2.45, 2.75) is 32.7 Å². The van der Waals surface area contributed by atoms with Crippen LogP contribution in [0.2, 0.25) is 0 Å². The lowest BCUT2D eigenvalue weighted by molar-refractivity contribution is 0.512. The van der Waals surface area contributed by atoms with E-state index in [2.05, 4.69) is 40.5 Å². The number of hydrogen-bond donors (Lipinski definition) is 1. The highest BCUT2D eigenvalue weighted by Gasteiger charge is 2.14. The van der Waals surface area contributed by atoms with Crippen LogP contribution >= 0.6 is 0 Å². The second-order valence-corrected chi connectivity index (χ2v) is 4.89. The number of pyridine rings is 1. The van der Waals surface area contributed by atoms with E-state index in [1.807, 2.05) is 31.0 Å². The predicted octanol–water partition coefficient (Wildman–Crippen LogP) is 2.41. The zero-order valence-electron chi connectivity index (χ0n) is 11.9. The van der Waals surface area contributed by atoms with Gasteiger partial charge in [-0.3, -0.25) is 9.67 Å². The Morgan fingerprint density at radius 1 is 1.32 bits per heavy atom. The van der Waals surface area contributed by atoms with E-state index in [1.54, 1.807) is 0 Å². The van der Waals surface area contributed by atoms with E-state index in [9.17, 15) is 0 Å². The third-order valence-corrected chi connectivity index (χ3v) is 3.26. The molecule has 4 heteroatoms. The number of nitrogens with one attached hydrogen (secondary N) is 1. The van der Waals surface area contributed by atoms with E-state index in [-0.39, 0.29) is 0 Å². The smallest absolute Gasteiger partial charge is 0.0596 e. The van der Waals surface area contributed by atoms with Crippen LogP contribution in [0.1, 0.15) is 36.3 Å². The summed E-state index contributed by atoms with van der Waals surface area (Å²) in [5, 5.41) is 8.02. The second-order valence-electron chi connectivity index (χ2n) is 4.89. The first-order valence-corrected chi connectivity index (χ1v) is 6.83. The topological polar surface area (TPSA) is 42.7 Å². The Balaban J connectivity index is 2.16. The van der Waals surface area contributed by atoms with Crippen molar-refractivity contribution in [1.82, 2.24) is 20.1 Å². The lowest BCUT2D eigenvalue weighted by Crippen LogP contribution is -2.25. The fraction of sp³-hybridized carbons (Fsp3) is 0.467. The summed E-state index contributed by atoms with van der Waals surface area (Å²) >= 11 is 0. The Labute approximate surface area is 114 Å². The Morgan fingerprint density at radius 2 is 2.05 bits per heavy atom. The molecule has 0 aliphatic rings. The summed E-state index contributed by atoms with van der Waals surface area (Å²) in [6, 6.07) is 6.63. The molecule has 4 nitrogen and oxygen atoms in total. The summed E-state index contributed by atoms with van der Waals surface area (Å²) in [5.74, 6) is 0. The summed E-state index contributed by atoms with van der Waals surface area (Å²) < 4.78 is 1.97. The Morgan fingerprint density at radius 3 is 2.63 bits per heavy atom. The summed E-state index contributed by atoms with van der Waals surface area (Å²) in [7, 11) is 2.01. The Hall–Kier alpha value is -1.68. The molecule has 0 saturated heterocycles. The van der Waals surface area contributed by atoms with Crippen LogP contribution in [-0.2, 0) is 13.5 Å². The molecule has 1 atom stereocenters. The van der Waals surface area contributed by atoms with Gasteiger partial charge in [0.1, 0.15) is 0 Å². The van der Waals surface area contributed by atoms with Gasteiger partial charge in [0.15, 0.2) is 0 Å². The first kappa shape index (κ1) is 13.7. The normalized spacial score (nSPS) is 12.6. The quantitative estimate of drug-likeness (QED) is 0.865. The fourth-order valence-electron chi connectivity index (χ4n) is 2.29. The molecule has 0 aliphatic carbocycles. The Kier molecular flexibility index (Phi) is 4.68.